The van der Waals surface area contributed by atoms with Crippen LogP contribution in [-0.2, 0) is 14.8 Å². The van der Waals surface area contributed by atoms with Crippen molar-refractivity contribution >= 4 is 44.8 Å². The number of aryl methyl sites for hydroxylation is 1. The van der Waals surface area contributed by atoms with E-state index in [1.54, 1.807) is 44.2 Å². The zero-order chi connectivity index (χ0) is 20.0. The van der Waals surface area contributed by atoms with E-state index in [2.05, 4.69) is 5.32 Å². The van der Waals surface area contributed by atoms with Gasteiger partial charge in [0.1, 0.15) is 0 Å². The summed E-state index contributed by atoms with van der Waals surface area (Å²) in [7, 11) is -3.77. The zero-order valence-corrected chi connectivity index (χ0v) is 16.7. The second-order valence-corrected chi connectivity index (χ2v) is 9.40. The molecule has 1 aliphatic heterocycles. The van der Waals surface area contributed by atoms with Gasteiger partial charge in [0.25, 0.3) is 5.91 Å². The highest BCUT2D eigenvalue weighted by Crippen LogP contribution is 2.36. The summed E-state index contributed by atoms with van der Waals surface area (Å²) < 4.78 is 25.6. The highest BCUT2D eigenvalue weighted by Gasteiger charge is 2.49. The van der Waals surface area contributed by atoms with Gasteiger partial charge >= 0.3 is 0 Å². The van der Waals surface area contributed by atoms with Crippen molar-refractivity contribution in [2.75, 3.05) is 15.4 Å². The molecule has 0 unspecified atom stereocenters. The second-order valence-electron chi connectivity index (χ2n) is 7.18. The number of sulfonamides is 1. The Hall–Kier alpha value is -2.38. The van der Waals surface area contributed by atoms with Crippen LogP contribution < -0.4 is 9.62 Å². The molecule has 0 bridgehead atoms. The molecular weight excluding hydrogens is 388 g/mol. The van der Waals surface area contributed by atoms with Gasteiger partial charge in [-0.1, -0.05) is 23.7 Å². The van der Waals surface area contributed by atoms with Crippen LogP contribution in [0.15, 0.2) is 42.5 Å². The molecule has 2 aromatic rings. The molecule has 27 heavy (non-hydrogen) atoms. The number of nitrogens with one attached hydrogen (secondary N) is 1. The Kier molecular flexibility index (Phi) is 4.78. The third kappa shape index (κ3) is 3.70. The maximum Gasteiger partial charge on any atom is 0.255 e. The lowest BCUT2D eigenvalue weighted by molar-refractivity contribution is -0.123. The summed E-state index contributed by atoms with van der Waals surface area (Å²) in [5.41, 5.74) is 0.788. The number of carbonyl (C=O) groups excluding carboxylic acids is 2. The topological polar surface area (TPSA) is 83.6 Å². The van der Waals surface area contributed by atoms with Crippen molar-refractivity contribution in [2.45, 2.75) is 20.8 Å². The Morgan fingerprint density at radius 1 is 1.19 bits per heavy atom. The Morgan fingerprint density at radius 3 is 2.48 bits per heavy atom. The fourth-order valence-corrected chi connectivity index (χ4v) is 5.19. The van der Waals surface area contributed by atoms with Crippen LogP contribution in [-0.4, -0.2) is 26.0 Å². The van der Waals surface area contributed by atoms with Crippen LogP contribution in [0.1, 0.15) is 29.8 Å². The van der Waals surface area contributed by atoms with Gasteiger partial charge in [0, 0.05) is 16.3 Å². The number of benzene rings is 2. The van der Waals surface area contributed by atoms with Crippen LogP contribution in [0.25, 0.3) is 0 Å². The average Bonchev–Trinajstić information content (AvgIpc) is 2.74. The fraction of sp³-hybridized carbons (Fsp3) is 0.263. The third-order valence-electron chi connectivity index (χ3n) is 4.36. The lowest BCUT2D eigenvalue weighted by atomic mass is 9.95. The summed E-state index contributed by atoms with van der Waals surface area (Å²) in [5.74, 6) is -1.21. The van der Waals surface area contributed by atoms with Crippen LogP contribution in [0.5, 0.6) is 0 Å². The van der Waals surface area contributed by atoms with Gasteiger partial charge in [-0.15, -0.1) is 0 Å². The third-order valence-corrected chi connectivity index (χ3v) is 6.78. The predicted octanol–water partition coefficient (Wildman–Crippen LogP) is 3.60. The van der Waals surface area contributed by atoms with Gasteiger partial charge in [-0.25, -0.2) is 12.7 Å². The van der Waals surface area contributed by atoms with E-state index in [1.807, 2.05) is 6.92 Å². The summed E-state index contributed by atoms with van der Waals surface area (Å²) in [6.07, 6.45) is 0. The normalized spacial score (nSPS) is 17.8. The SMILES string of the molecule is Cc1ccc(NC(=O)c2cccc(N3C(=O)C(C)(C)CS3(=O)=O)c2)cc1Cl. The van der Waals surface area contributed by atoms with E-state index in [1.165, 1.54) is 12.1 Å². The fourth-order valence-electron chi connectivity index (χ4n) is 2.91. The maximum atomic E-state index is 12.5. The van der Waals surface area contributed by atoms with Crippen LogP contribution in [0.3, 0.4) is 0 Å². The first-order valence-corrected chi connectivity index (χ1v) is 10.2. The summed E-state index contributed by atoms with van der Waals surface area (Å²) in [6.45, 7) is 5.03. The number of rotatable bonds is 3. The molecule has 1 N–H and O–H groups in total. The zero-order valence-electron chi connectivity index (χ0n) is 15.1. The number of carbonyl (C=O) groups is 2. The van der Waals surface area contributed by atoms with Crippen molar-refractivity contribution in [3.05, 3.63) is 58.6 Å². The van der Waals surface area contributed by atoms with Gasteiger partial charge in [0.05, 0.1) is 16.9 Å². The molecule has 0 atom stereocenters. The van der Waals surface area contributed by atoms with Gasteiger partial charge in [-0.2, -0.15) is 0 Å². The maximum absolute atomic E-state index is 12.5. The van der Waals surface area contributed by atoms with Crippen molar-refractivity contribution < 1.29 is 18.0 Å². The molecule has 0 spiro atoms. The number of hydrogen-bond donors (Lipinski definition) is 1. The van der Waals surface area contributed by atoms with Gasteiger partial charge < -0.3 is 5.32 Å². The first kappa shape index (κ1) is 19.4. The molecule has 0 aliphatic carbocycles. The number of hydrogen-bond acceptors (Lipinski definition) is 4. The number of nitrogens with zero attached hydrogens (tertiary/aromatic N) is 1. The monoisotopic (exact) mass is 406 g/mol. The number of amides is 2. The van der Waals surface area contributed by atoms with Crippen LogP contribution in [0.4, 0.5) is 11.4 Å². The molecule has 0 saturated carbocycles. The van der Waals surface area contributed by atoms with Gasteiger partial charge in [0.15, 0.2) is 0 Å². The van der Waals surface area contributed by atoms with Crippen molar-refractivity contribution in [1.82, 2.24) is 0 Å². The molecule has 0 aromatic heterocycles. The minimum absolute atomic E-state index is 0.153. The molecule has 8 heteroatoms. The van der Waals surface area contributed by atoms with Gasteiger partial charge in [0.2, 0.25) is 15.9 Å². The van der Waals surface area contributed by atoms with E-state index in [0.29, 0.717) is 10.7 Å². The van der Waals surface area contributed by atoms with E-state index in [0.717, 1.165) is 9.87 Å². The Bertz CT molecular complexity index is 1050. The second kappa shape index (κ2) is 6.65. The first-order chi connectivity index (χ1) is 12.5. The Labute approximate surface area is 163 Å². The highest BCUT2D eigenvalue weighted by molar-refractivity contribution is 7.94. The van der Waals surface area contributed by atoms with E-state index in [-0.39, 0.29) is 17.0 Å². The van der Waals surface area contributed by atoms with Gasteiger partial charge in [-0.3, -0.25) is 9.59 Å². The summed E-state index contributed by atoms with van der Waals surface area (Å²) >= 11 is 6.07. The summed E-state index contributed by atoms with van der Waals surface area (Å²) in [6, 6.07) is 11.1. The number of halogens is 1. The Morgan fingerprint density at radius 2 is 1.89 bits per heavy atom. The standard InChI is InChI=1S/C19H19ClN2O4S/c1-12-7-8-14(10-16(12)20)21-17(23)13-5-4-6-15(9-13)22-18(24)19(2,3)11-27(22,25)26/h4-10H,11H2,1-3H3,(H,21,23). The van der Waals surface area contributed by atoms with Gasteiger partial charge in [-0.05, 0) is 56.7 Å². The molecule has 0 radical (unpaired) electrons. The van der Waals surface area contributed by atoms with E-state index in [9.17, 15) is 18.0 Å². The molecule has 3 rings (SSSR count). The van der Waals surface area contributed by atoms with E-state index < -0.39 is 27.3 Å². The van der Waals surface area contributed by atoms with Crippen LogP contribution in [0, 0.1) is 12.3 Å². The Balaban J connectivity index is 1.90. The smallest absolute Gasteiger partial charge is 0.255 e. The average molecular weight is 407 g/mol. The lowest BCUT2D eigenvalue weighted by Crippen LogP contribution is -2.33. The molecule has 2 aromatic carbocycles. The molecule has 1 aliphatic rings. The molecule has 6 nitrogen and oxygen atoms in total. The molecule has 1 saturated heterocycles. The highest BCUT2D eigenvalue weighted by atomic mass is 35.5. The number of anilines is 2. The molecule has 2 amide bonds. The summed E-state index contributed by atoms with van der Waals surface area (Å²) in [4.78, 5) is 25.1. The largest absolute Gasteiger partial charge is 0.322 e. The quantitative estimate of drug-likeness (QED) is 0.844. The van der Waals surface area contributed by atoms with Crippen molar-refractivity contribution in [3.8, 4) is 0 Å². The predicted molar refractivity (Wildman–Crippen MR) is 106 cm³/mol. The minimum Gasteiger partial charge on any atom is -0.322 e. The van der Waals surface area contributed by atoms with Crippen molar-refractivity contribution in [1.29, 1.82) is 0 Å². The minimum atomic E-state index is -3.77. The molecule has 1 fully saturated rings. The van der Waals surface area contributed by atoms with Crippen molar-refractivity contribution in [3.63, 3.8) is 0 Å². The first-order valence-electron chi connectivity index (χ1n) is 8.26. The van der Waals surface area contributed by atoms with Crippen molar-refractivity contribution in [2.24, 2.45) is 5.41 Å². The molecule has 142 valence electrons. The van der Waals surface area contributed by atoms with Crippen LogP contribution >= 0.6 is 11.6 Å². The molecular formula is C19H19ClN2O4S. The van der Waals surface area contributed by atoms with E-state index >= 15 is 0 Å². The lowest BCUT2D eigenvalue weighted by Gasteiger charge is -2.18. The molecule has 1 heterocycles. The van der Waals surface area contributed by atoms with Crippen LogP contribution in [0.2, 0.25) is 5.02 Å². The van der Waals surface area contributed by atoms with E-state index in [4.69, 9.17) is 11.6 Å². The summed E-state index contributed by atoms with van der Waals surface area (Å²) in [5, 5.41) is 3.24.